The Morgan fingerprint density at radius 2 is 2.24 bits per heavy atom. The van der Waals surface area contributed by atoms with Crippen LogP contribution in [0.15, 0.2) is 12.3 Å². The van der Waals surface area contributed by atoms with E-state index in [4.69, 9.17) is 11.6 Å². The molecule has 92 valence electrons. The summed E-state index contributed by atoms with van der Waals surface area (Å²) in [4.78, 5) is 17.8. The van der Waals surface area contributed by atoms with Crippen LogP contribution in [0.25, 0.3) is 0 Å². The number of hydrogen-bond acceptors (Lipinski definition) is 3. The van der Waals surface area contributed by atoms with Crippen molar-refractivity contribution in [2.24, 2.45) is 0 Å². The van der Waals surface area contributed by atoms with Gasteiger partial charge >= 0.3 is 6.03 Å². The maximum atomic E-state index is 12.0. The zero-order valence-corrected chi connectivity index (χ0v) is 11.1. The third kappa shape index (κ3) is 3.04. The van der Waals surface area contributed by atoms with Gasteiger partial charge in [0.05, 0.1) is 16.4 Å². The van der Waals surface area contributed by atoms with Gasteiger partial charge in [0.1, 0.15) is 0 Å². The van der Waals surface area contributed by atoms with Crippen molar-refractivity contribution in [2.45, 2.75) is 6.92 Å². The van der Waals surface area contributed by atoms with E-state index >= 15 is 0 Å². The second-order valence-electron chi connectivity index (χ2n) is 3.79. The summed E-state index contributed by atoms with van der Waals surface area (Å²) >= 11 is 7.95. The fraction of sp³-hybridized carbons (Fsp3) is 0.455. The number of nitrogens with one attached hydrogen (secondary N) is 1. The highest BCUT2D eigenvalue weighted by Crippen LogP contribution is 2.23. The molecule has 2 heterocycles. The van der Waals surface area contributed by atoms with E-state index in [1.807, 2.05) is 23.6 Å². The molecule has 1 aromatic heterocycles. The molecule has 0 bridgehead atoms. The van der Waals surface area contributed by atoms with E-state index in [-0.39, 0.29) is 6.03 Å². The van der Waals surface area contributed by atoms with Crippen LogP contribution in [0.2, 0.25) is 5.02 Å². The van der Waals surface area contributed by atoms with Crippen LogP contribution >= 0.6 is 23.4 Å². The summed E-state index contributed by atoms with van der Waals surface area (Å²) in [7, 11) is 0. The number of amides is 2. The summed E-state index contributed by atoms with van der Waals surface area (Å²) in [6.07, 6.45) is 1.64. The van der Waals surface area contributed by atoms with Crippen molar-refractivity contribution in [3.63, 3.8) is 0 Å². The molecule has 4 nitrogen and oxygen atoms in total. The molecule has 2 rings (SSSR count). The van der Waals surface area contributed by atoms with Gasteiger partial charge in [-0.2, -0.15) is 11.8 Å². The summed E-state index contributed by atoms with van der Waals surface area (Å²) in [5.41, 5.74) is 1.35. The molecule has 0 saturated carbocycles. The Kier molecular flexibility index (Phi) is 4.12. The van der Waals surface area contributed by atoms with Gasteiger partial charge in [-0.05, 0) is 13.0 Å². The molecule has 1 saturated heterocycles. The van der Waals surface area contributed by atoms with Gasteiger partial charge in [0.25, 0.3) is 0 Å². The fourth-order valence-corrected chi connectivity index (χ4v) is 2.67. The minimum absolute atomic E-state index is 0.0854. The summed E-state index contributed by atoms with van der Waals surface area (Å²) in [5, 5.41) is 3.33. The predicted octanol–water partition coefficient (Wildman–Crippen LogP) is 2.62. The number of carbonyl (C=O) groups excluding carboxylic acids is 1. The van der Waals surface area contributed by atoms with Gasteiger partial charge in [0.2, 0.25) is 0 Å². The van der Waals surface area contributed by atoms with Crippen LogP contribution in [-0.4, -0.2) is 40.5 Å². The van der Waals surface area contributed by atoms with Crippen LogP contribution in [0.3, 0.4) is 0 Å². The third-order valence-corrected chi connectivity index (χ3v) is 4.02. The van der Waals surface area contributed by atoms with Gasteiger partial charge < -0.3 is 10.2 Å². The molecule has 1 aliphatic rings. The minimum Gasteiger partial charge on any atom is -0.323 e. The lowest BCUT2D eigenvalue weighted by Crippen LogP contribution is -2.40. The number of aryl methyl sites for hydroxylation is 1. The van der Waals surface area contributed by atoms with Crippen molar-refractivity contribution in [3.8, 4) is 0 Å². The van der Waals surface area contributed by atoms with Crippen molar-refractivity contribution in [1.82, 2.24) is 9.88 Å². The maximum Gasteiger partial charge on any atom is 0.321 e. The molecule has 1 aromatic rings. The van der Waals surface area contributed by atoms with Gasteiger partial charge in [0, 0.05) is 30.8 Å². The van der Waals surface area contributed by atoms with E-state index in [1.54, 1.807) is 12.3 Å². The summed E-state index contributed by atoms with van der Waals surface area (Å²) in [5.74, 6) is 1.99. The van der Waals surface area contributed by atoms with Crippen LogP contribution in [0.5, 0.6) is 0 Å². The van der Waals surface area contributed by atoms with E-state index in [9.17, 15) is 4.79 Å². The summed E-state index contributed by atoms with van der Waals surface area (Å²) in [6.45, 7) is 3.39. The number of thioether (sulfide) groups is 1. The normalized spacial score (nSPS) is 15.8. The largest absolute Gasteiger partial charge is 0.323 e. The Hall–Kier alpha value is -0.940. The van der Waals surface area contributed by atoms with Crippen LogP contribution in [0.4, 0.5) is 10.5 Å². The molecule has 1 N–H and O–H groups in total. The van der Waals surface area contributed by atoms with Gasteiger partial charge in [-0.15, -0.1) is 0 Å². The average molecular weight is 272 g/mol. The second-order valence-corrected chi connectivity index (χ2v) is 5.39. The zero-order valence-electron chi connectivity index (χ0n) is 9.57. The molecule has 0 spiro atoms. The number of pyridine rings is 1. The maximum absolute atomic E-state index is 12.0. The molecule has 0 unspecified atom stereocenters. The molecule has 0 radical (unpaired) electrons. The van der Waals surface area contributed by atoms with Gasteiger partial charge in [0.15, 0.2) is 0 Å². The van der Waals surface area contributed by atoms with Crippen LogP contribution in [-0.2, 0) is 0 Å². The van der Waals surface area contributed by atoms with Crippen molar-refractivity contribution >= 4 is 35.1 Å². The average Bonchev–Trinajstić information content (AvgIpc) is 2.36. The van der Waals surface area contributed by atoms with Gasteiger partial charge in [-0.25, -0.2) is 4.79 Å². The first-order valence-electron chi connectivity index (χ1n) is 5.43. The molecule has 0 aliphatic carbocycles. The fourth-order valence-electron chi connectivity index (χ4n) is 1.61. The monoisotopic (exact) mass is 271 g/mol. The van der Waals surface area contributed by atoms with E-state index in [1.165, 1.54) is 0 Å². The molecule has 6 heteroatoms. The van der Waals surface area contributed by atoms with Crippen LogP contribution in [0, 0.1) is 6.92 Å². The molecule has 1 fully saturated rings. The minimum atomic E-state index is -0.0854. The number of carbonyl (C=O) groups is 1. The molecule has 1 aliphatic heterocycles. The highest BCUT2D eigenvalue weighted by molar-refractivity contribution is 7.99. The Labute approximate surface area is 110 Å². The quantitative estimate of drug-likeness (QED) is 0.854. The second kappa shape index (κ2) is 5.60. The molecular weight excluding hydrogens is 258 g/mol. The lowest BCUT2D eigenvalue weighted by Gasteiger charge is -2.26. The number of hydrogen-bond donors (Lipinski definition) is 1. The first-order chi connectivity index (χ1) is 8.18. The van der Waals surface area contributed by atoms with Gasteiger partial charge in [-0.1, -0.05) is 11.6 Å². The lowest BCUT2D eigenvalue weighted by atomic mass is 10.3. The first-order valence-corrected chi connectivity index (χ1v) is 6.96. The summed E-state index contributed by atoms with van der Waals surface area (Å²) < 4.78 is 0. The Bertz CT molecular complexity index is 421. The highest BCUT2D eigenvalue weighted by Gasteiger charge is 2.17. The predicted molar refractivity (Wildman–Crippen MR) is 71.9 cm³/mol. The Balaban J connectivity index is 2.04. The SMILES string of the molecule is Cc1nccc(NC(=O)N2CCSCC2)c1Cl. The number of rotatable bonds is 1. The Morgan fingerprint density at radius 3 is 2.94 bits per heavy atom. The number of nitrogens with zero attached hydrogens (tertiary/aromatic N) is 2. The van der Waals surface area contributed by atoms with Crippen LogP contribution < -0.4 is 5.32 Å². The van der Waals surface area contributed by atoms with E-state index in [0.717, 1.165) is 30.3 Å². The smallest absolute Gasteiger partial charge is 0.321 e. The third-order valence-electron chi connectivity index (χ3n) is 2.60. The topological polar surface area (TPSA) is 45.2 Å². The lowest BCUT2D eigenvalue weighted by molar-refractivity contribution is 0.217. The van der Waals surface area contributed by atoms with Crippen molar-refractivity contribution in [2.75, 3.05) is 29.9 Å². The van der Waals surface area contributed by atoms with E-state index in [0.29, 0.717) is 10.7 Å². The molecule has 2 amide bonds. The molecule has 17 heavy (non-hydrogen) atoms. The first kappa shape index (κ1) is 12.5. The highest BCUT2D eigenvalue weighted by atomic mass is 35.5. The number of halogens is 1. The van der Waals surface area contributed by atoms with Crippen molar-refractivity contribution in [1.29, 1.82) is 0 Å². The number of urea groups is 1. The standard InChI is InChI=1S/C11H14ClN3OS/c1-8-10(12)9(2-3-13-8)14-11(16)15-4-6-17-7-5-15/h2-3H,4-7H2,1H3,(H,13,14,16). The zero-order chi connectivity index (χ0) is 12.3. The van der Waals surface area contributed by atoms with Crippen molar-refractivity contribution in [3.05, 3.63) is 23.0 Å². The van der Waals surface area contributed by atoms with Crippen molar-refractivity contribution < 1.29 is 4.79 Å². The van der Waals surface area contributed by atoms with E-state index in [2.05, 4.69) is 10.3 Å². The molecular formula is C11H14ClN3OS. The summed E-state index contributed by atoms with van der Waals surface area (Å²) in [6, 6.07) is 1.63. The Morgan fingerprint density at radius 1 is 1.53 bits per heavy atom. The number of aromatic nitrogens is 1. The van der Waals surface area contributed by atoms with Crippen LogP contribution in [0.1, 0.15) is 5.69 Å². The number of anilines is 1. The van der Waals surface area contributed by atoms with E-state index < -0.39 is 0 Å². The van der Waals surface area contributed by atoms with Gasteiger partial charge in [-0.3, -0.25) is 4.98 Å². The molecule has 0 aromatic carbocycles. The molecule has 0 atom stereocenters.